The van der Waals surface area contributed by atoms with Crippen molar-refractivity contribution in [2.45, 2.75) is 17.7 Å². The van der Waals surface area contributed by atoms with E-state index < -0.39 is 10.0 Å². The number of nitrogens with one attached hydrogen (secondary N) is 1. The summed E-state index contributed by atoms with van der Waals surface area (Å²) in [4.78, 5) is 12.6. The third-order valence-corrected chi connectivity index (χ3v) is 7.17. The molecular weight excluding hydrogens is 451 g/mol. The Kier molecular flexibility index (Phi) is 7.60. The maximum Gasteiger partial charge on any atom is 0.243 e. The van der Waals surface area contributed by atoms with E-state index in [-0.39, 0.29) is 30.3 Å². The Bertz CT molecular complexity index is 1020. The van der Waals surface area contributed by atoms with Gasteiger partial charge in [0.15, 0.2) is 0 Å². The van der Waals surface area contributed by atoms with Crippen molar-refractivity contribution in [2.24, 2.45) is 0 Å². The lowest BCUT2D eigenvalue weighted by Gasteiger charge is -2.26. The normalized spacial score (nSPS) is 15.0. The number of benzene rings is 2. The first kappa shape index (κ1) is 22.8. The molecule has 1 aliphatic heterocycles. The minimum absolute atomic E-state index is 0.0845. The third kappa shape index (κ3) is 5.44. The van der Waals surface area contributed by atoms with Gasteiger partial charge in [0.1, 0.15) is 5.75 Å². The predicted octanol–water partition coefficient (Wildman–Crippen LogP) is 3.59. The van der Waals surface area contributed by atoms with Crippen molar-refractivity contribution >= 4 is 44.8 Å². The number of aryl methyl sites for hydroxylation is 1. The molecule has 0 radical (unpaired) electrons. The molecule has 1 saturated heterocycles. The van der Waals surface area contributed by atoms with Gasteiger partial charge in [-0.25, -0.2) is 8.42 Å². The number of ether oxygens (including phenoxy) is 2. The van der Waals surface area contributed by atoms with Gasteiger partial charge in [-0.2, -0.15) is 4.31 Å². The summed E-state index contributed by atoms with van der Waals surface area (Å²) in [6.45, 7) is 1.29. The Balaban J connectivity index is 1.74. The Hall–Kier alpha value is -1.84. The zero-order chi connectivity index (χ0) is 21.7. The summed E-state index contributed by atoms with van der Waals surface area (Å²) in [6.07, 6.45) is 0.570. The minimum atomic E-state index is -3.69. The smallest absolute Gasteiger partial charge is 0.243 e. The molecule has 0 spiro atoms. The molecule has 10 heteroatoms. The molecule has 1 fully saturated rings. The van der Waals surface area contributed by atoms with E-state index in [0.29, 0.717) is 41.1 Å². The second-order valence-corrected chi connectivity index (χ2v) is 9.44. The first-order valence-electron chi connectivity index (χ1n) is 9.31. The van der Waals surface area contributed by atoms with Crippen molar-refractivity contribution in [3.05, 3.63) is 52.0 Å². The highest BCUT2D eigenvalue weighted by molar-refractivity contribution is 7.89. The Morgan fingerprint density at radius 3 is 2.57 bits per heavy atom. The van der Waals surface area contributed by atoms with E-state index in [1.54, 1.807) is 18.2 Å². The minimum Gasteiger partial charge on any atom is -0.495 e. The number of halogens is 2. The van der Waals surface area contributed by atoms with E-state index in [1.165, 1.54) is 29.6 Å². The van der Waals surface area contributed by atoms with E-state index in [1.807, 2.05) is 0 Å². The summed E-state index contributed by atoms with van der Waals surface area (Å²) < 4.78 is 37.6. The standard InChI is InChI=1S/C20H22Cl2N2O5S/c1-28-19-6-5-16(30(26,27)24-8-10-29-11-9-24)13-18(19)23-20(25)7-3-14-2-4-15(21)12-17(14)22/h2,4-6,12-13H,3,7-11H2,1H3,(H,23,25). The number of hydrogen-bond donors (Lipinski definition) is 1. The van der Waals surface area contributed by atoms with Crippen molar-refractivity contribution in [3.8, 4) is 5.75 Å². The molecule has 0 atom stereocenters. The average molecular weight is 473 g/mol. The Morgan fingerprint density at radius 1 is 1.17 bits per heavy atom. The van der Waals surface area contributed by atoms with Gasteiger partial charge in [0.2, 0.25) is 15.9 Å². The van der Waals surface area contributed by atoms with Crippen LogP contribution in [0.2, 0.25) is 10.0 Å². The van der Waals surface area contributed by atoms with E-state index in [4.69, 9.17) is 32.7 Å². The number of morpholine rings is 1. The van der Waals surface area contributed by atoms with Crippen molar-refractivity contribution in [3.63, 3.8) is 0 Å². The van der Waals surface area contributed by atoms with Crippen LogP contribution in [0.15, 0.2) is 41.3 Å². The number of rotatable bonds is 7. The molecule has 162 valence electrons. The van der Waals surface area contributed by atoms with Crippen molar-refractivity contribution < 1.29 is 22.7 Å². The summed E-state index contributed by atoms with van der Waals surface area (Å²) in [5.41, 5.74) is 1.09. The first-order chi connectivity index (χ1) is 14.3. The van der Waals surface area contributed by atoms with Crippen LogP contribution in [0.3, 0.4) is 0 Å². The zero-order valence-electron chi connectivity index (χ0n) is 16.4. The highest BCUT2D eigenvalue weighted by atomic mass is 35.5. The van der Waals surface area contributed by atoms with Crippen LogP contribution in [0.4, 0.5) is 5.69 Å². The van der Waals surface area contributed by atoms with Crippen molar-refractivity contribution in [2.75, 3.05) is 38.7 Å². The summed E-state index contributed by atoms with van der Waals surface area (Å²) in [5, 5.41) is 3.75. The molecule has 0 unspecified atom stereocenters. The van der Waals surface area contributed by atoms with Crippen LogP contribution < -0.4 is 10.1 Å². The van der Waals surface area contributed by atoms with E-state index in [9.17, 15) is 13.2 Å². The molecule has 2 aromatic rings. The fourth-order valence-electron chi connectivity index (χ4n) is 3.07. The fraction of sp³-hybridized carbons (Fsp3) is 0.350. The van der Waals surface area contributed by atoms with Gasteiger partial charge >= 0.3 is 0 Å². The third-order valence-electron chi connectivity index (χ3n) is 4.69. The van der Waals surface area contributed by atoms with Crippen LogP contribution >= 0.6 is 23.2 Å². The molecule has 0 bridgehead atoms. The maximum absolute atomic E-state index is 12.9. The van der Waals surface area contributed by atoms with Crippen molar-refractivity contribution in [1.29, 1.82) is 0 Å². The zero-order valence-corrected chi connectivity index (χ0v) is 18.7. The summed E-state index contributed by atoms with van der Waals surface area (Å²) in [5.74, 6) is 0.0778. The molecular formula is C20H22Cl2N2O5S. The lowest BCUT2D eigenvalue weighted by Crippen LogP contribution is -2.40. The van der Waals surface area contributed by atoms with Gasteiger partial charge < -0.3 is 14.8 Å². The van der Waals surface area contributed by atoms with Gasteiger partial charge in [-0.1, -0.05) is 29.3 Å². The van der Waals surface area contributed by atoms with Crippen LogP contribution in [0.1, 0.15) is 12.0 Å². The molecule has 1 N–H and O–H groups in total. The summed E-state index contributed by atoms with van der Waals surface area (Å²) in [6, 6.07) is 9.51. The fourth-order valence-corrected chi connectivity index (χ4v) is 5.00. The molecule has 0 aliphatic carbocycles. The lowest BCUT2D eigenvalue weighted by atomic mass is 10.1. The van der Waals surface area contributed by atoms with Crippen LogP contribution in [0, 0.1) is 0 Å². The molecule has 2 aromatic carbocycles. The van der Waals surface area contributed by atoms with Crippen LogP contribution in [0.25, 0.3) is 0 Å². The molecule has 0 aromatic heterocycles. The molecule has 1 heterocycles. The van der Waals surface area contributed by atoms with E-state index in [0.717, 1.165) is 5.56 Å². The summed E-state index contributed by atoms with van der Waals surface area (Å²) in [7, 11) is -2.24. The van der Waals surface area contributed by atoms with Gasteiger partial charge in [-0.05, 0) is 42.3 Å². The average Bonchev–Trinajstić information content (AvgIpc) is 2.73. The van der Waals surface area contributed by atoms with Gasteiger partial charge in [-0.3, -0.25) is 4.79 Å². The van der Waals surface area contributed by atoms with Gasteiger partial charge in [-0.15, -0.1) is 0 Å². The number of nitrogens with zero attached hydrogens (tertiary/aromatic N) is 1. The highest BCUT2D eigenvalue weighted by Crippen LogP contribution is 2.30. The predicted molar refractivity (Wildman–Crippen MR) is 116 cm³/mol. The molecule has 0 saturated carbocycles. The summed E-state index contributed by atoms with van der Waals surface area (Å²) >= 11 is 12.0. The van der Waals surface area contributed by atoms with E-state index >= 15 is 0 Å². The second kappa shape index (κ2) is 9.98. The monoisotopic (exact) mass is 472 g/mol. The number of anilines is 1. The molecule has 1 aliphatic rings. The SMILES string of the molecule is COc1ccc(S(=O)(=O)N2CCOCC2)cc1NC(=O)CCc1ccc(Cl)cc1Cl. The molecule has 1 amide bonds. The highest BCUT2D eigenvalue weighted by Gasteiger charge is 2.27. The van der Waals surface area contributed by atoms with Crippen LogP contribution in [-0.2, 0) is 26.0 Å². The molecule has 3 rings (SSSR count). The molecule has 30 heavy (non-hydrogen) atoms. The maximum atomic E-state index is 12.9. The van der Waals surface area contributed by atoms with Gasteiger partial charge in [0, 0.05) is 29.6 Å². The van der Waals surface area contributed by atoms with Crippen molar-refractivity contribution in [1.82, 2.24) is 4.31 Å². The quantitative estimate of drug-likeness (QED) is 0.665. The lowest BCUT2D eigenvalue weighted by molar-refractivity contribution is -0.116. The van der Waals surface area contributed by atoms with E-state index in [2.05, 4.69) is 5.32 Å². The number of methoxy groups -OCH3 is 1. The van der Waals surface area contributed by atoms with Gasteiger partial charge in [0.25, 0.3) is 0 Å². The number of hydrogen-bond acceptors (Lipinski definition) is 5. The number of amides is 1. The molecule has 7 nitrogen and oxygen atoms in total. The number of sulfonamides is 1. The first-order valence-corrected chi connectivity index (χ1v) is 11.5. The Morgan fingerprint density at radius 2 is 1.90 bits per heavy atom. The van der Waals surface area contributed by atoms with Gasteiger partial charge in [0.05, 0.1) is 30.9 Å². The number of carbonyl (C=O) groups excluding carboxylic acids is 1. The Labute approximate surface area is 185 Å². The topological polar surface area (TPSA) is 84.9 Å². The van der Waals surface area contributed by atoms with Crippen LogP contribution in [-0.4, -0.2) is 52.0 Å². The second-order valence-electron chi connectivity index (χ2n) is 6.66. The number of carbonyl (C=O) groups is 1. The largest absolute Gasteiger partial charge is 0.495 e. The van der Waals surface area contributed by atoms with Crippen LogP contribution in [0.5, 0.6) is 5.75 Å².